The average Bonchev–Trinajstić information content (AvgIpc) is 2.35. The van der Waals surface area contributed by atoms with Crippen LogP contribution in [0.5, 0.6) is 0 Å². The van der Waals surface area contributed by atoms with Gasteiger partial charge in [-0.15, -0.1) is 0 Å². The Morgan fingerprint density at radius 2 is 1.89 bits per heavy atom. The number of carbonyl (C=O) groups is 1. The predicted octanol–water partition coefficient (Wildman–Crippen LogP) is 4.12. The van der Waals surface area contributed by atoms with Crippen LogP contribution in [0.3, 0.4) is 0 Å². The molecular weight excluding hydrogens is 358 g/mol. The van der Waals surface area contributed by atoms with Gasteiger partial charge in [-0.1, -0.05) is 50.9 Å². The van der Waals surface area contributed by atoms with Crippen LogP contribution < -0.4 is 5.32 Å². The molecule has 94 valence electrons. The molecule has 0 fully saturated rings. The first-order valence-electron chi connectivity index (χ1n) is 5.68. The minimum absolute atomic E-state index is 0.0360. The SMILES string of the molecule is CC(Br)CNC(=O)c1ccc2cc(Br)ccc2c1. The number of benzene rings is 2. The summed E-state index contributed by atoms with van der Waals surface area (Å²) in [6.07, 6.45) is 0. The minimum atomic E-state index is -0.0360. The fraction of sp³-hybridized carbons (Fsp3) is 0.214. The number of halogens is 2. The molecular formula is C14H13Br2NO. The Hall–Kier alpha value is -0.870. The van der Waals surface area contributed by atoms with Crippen molar-refractivity contribution in [3.05, 3.63) is 46.4 Å². The Labute approximate surface area is 123 Å². The van der Waals surface area contributed by atoms with E-state index in [0.29, 0.717) is 12.1 Å². The maximum absolute atomic E-state index is 11.9. The van der Waals surface area contributed by atoms with Gasteiger partial charge in [-0.05, 0) is 35.0 Å². The summed E-state index contributed by atoms with van der Waals surface area (Å²) in [6, 6.07) is 11.7. The first kappa shape index (κ1) is 13.6. The van der Waals surface area contributed by atoms with Crippen LogP contribution in [0.2, 0.25) is 0 Å². The second-order valence-electron chi connectivity index (χ2n) is 4.20. The first-order valence-corrected chi connectivity index (χ1v) is 7.39. The molecule has 1 N–H and O–H groups in total. The number of carbonyl (C=O) groups excluding carboxylic acids is 1. The molecule has 0 saturated carbocycles. The number of hydrogen-bond acceptors (Lipinski definition) is 1. The fourth-order valence-corrected chi connectivity index (χ4v) is 2.23. The van der Waals surface area contributed by atoms with Crippen molar-refractivity contribution in [3.63, 3.8) is 0 Å². The Morgan fingerprint density at radius 3 is 2.61 bits per heavy atom. The maximum atomic E-state index is 11.9. The molecule has 0 heterocycles. The molecule has 2 nitrogen and oxygen atoms in total. The maximum Gasteiger partial charge on any atom is 0.251 e. The molecule has 1 atom stereocenters. The van der Waals surface area contributed by atoms with E-state index in [9.17, 15) is 4.79 Å². The number of nitrogens with one attached hydrogen (secondary N) is 1. The molecule has 18 heavy (non-hydrogen) atoms. The summed E-state index contributed by atoms with van der Waals surface area (Å²) >= 11 is 6.84. The van der Waals surface area contributed by atoms with E-state index in [0.717, 1.165) is 15.2 Å². The molecule has 2 aromatic carbocycles. The van der Waals surface area contributed by atoms with E-state index in [4.69, 9.17) is 0 Å². The molecule has 2 rings (SSSR count). The third kappa shape index (κ3) is 3.33. The topological polar surface area (TPSA) is 29.1 Å². The zero-order valence-corrected chi connectivity index (χ0v) is 13.1. The van der Waals surface area contributed by atoms with Crippen molar-refractivity contribution in [2.75, 3.05) is 6.54 Å². The largest absolute Gasteiger partial charge is 0.351 e. The van der Waals surface area contributed by atoms with Gasteiger partial charge in [0.1, 0.15) is 0 Å². The first-order chi connectivity index (χ1) is 8.56. The lowest BCUT2D eigenvalue weighted by Gasteiger charge is -2.07. The van der Waals surface area contributed by atoms with Gasteiger partial charge in [0.05, 0.1) is 0 Å². The number of rotatable bonds is 3. The summed E-state index contributed by atoms with van der Waals surface area (Å²) in [7, 11) is 0. The van der Waals surface area contributed by atoms with Crippen LogP contribution in [0.4, 0.5) is 0 Å². The van der Waals surface area contributed by atoms with Gasteiger partial charge in [0.15, 0.2) is 0 Å². The molecule has 1 unspecified atom stereocenters. The molecule has 0 aromatic heterocycles. The van der Waals surface area contributed by atoms with Crippen molar-refractivity contribution in [1.29, 1.82) is 0 Å². The fourth-order valence-electron chi connectivity index (χ4n) is 1.69. The highest BCUT2D eigenvalue weighted by Gasteiger charge is 2.07. The molecule has 0 bridgehead atoms. The number of hydrogen-bond donors (Lipinski definition) is 1. The van der Waals surface area contributed by atoms with Gasteiger partial charge < -0.3 is 5.32 Å². The zero-order valence-electron chi connectivity index (χ0n) is 9.91. The summed E-state index contributed by atoms with van der Waals surface area (Å²) in [5, 5.41) is 5.07. The highest BCUT2D eigenvalue weighted by Crippen LogP contribution is 2.20. The van der Waals surface area contributed by atoms with Crippen LogP contribution in [0.25, 0.3) is 10.8 Å². The number of amides is 1. The van der Waals surface area contributed by atoms with E-state index in [2.05, 4.69) is 37.2 Å². The van der Waals surface area contributed by atoms with E-state index in [1.165, 1.54) is 0 Å². The van der Waals surface area contributed by atoms with E-state index < -0.39 is 0 Å². The van der Waals surface area contributed by atoms with Crippen molar-refractivity contribution in [2.24, 2.45) is 0 Å². The average molecular weight is 371 g/mol. The summed E-state index contributed by atoms with van der Waals surface area (Å²) < 4.78 is 1.04. The van der Waals surface area contributed by atoms with Gasteiger partial charge in [0.2, 0.25) is 0 Å². The van der Waals surface area contributed by atoms with E-state index >= 15 is 0 Å². The lowest BCUT2D eigenvalue weighted by atomic mass is 10.1. The summed E-state index contributed by atoms with van der Waals surface area (Å²) in [5.41, 5.74) is 0.693. The summed E-state index contributed by atoms with van der Waals surface area (Å²) in [5.74, 6) is -0.0360. The standard InChI is InChI=1S/C14H13Br2NO/c1-9(15)8-17-14(18)12-3-2-11-7-13(16)5-4-10(11)6-12/h2-7,9H,8H2,1H3,(H,17,18). The van der Waals surface area contributed by atoms with Crippen LogP contribution in [0.15, 0.2) is 40.9 Å². The van der Waals surface area contributed by atoms with Crippen LogP contribution in [0, 0.1) is 0 Å². The lowest BCUT2D eigenvalue weighted by molar-refractivity contribution is 0.0954. The summed E-state index contributed by atoms with van der Waals surface area (Å²) in [4.78, 5) is 12.2. The van der Waals surface area contributed by atoms with Gasteiger partial charge in [0, 0.05) is 21.4 Å². The molecule has 1 amide bonds. The molecule has 0 aliphatic carbocycles. The van der Waals surface area contributed by atoms with E-state index in [1.54, 1.807) is 0 Å². The quantitative estimate of drug-likeness (QED) is 0.809. The molecule has 0 radical (unpaired) electrons. The van der Waals surface area contributed by atoms with Crippen LogP contribution in [-0.2, 0) is 0 Å². The van der Waals surface area contributed by atoms with E-state index in [-0.39, 0.29) is 10.7 Å². The van der Waals surface area contributed by atoms with Gasteiger partial charge in [-0.25, -0.2) is 0 Å². The Balaban J connectivity index is 2.24. The third-order valence-electron chi connectivity index (χ3n) is 2.61. The van der Waals surface area contributed by atoms with Crippen LogP contribution in [-0.4, -0.2) is 17.3 Å². The number of fused-ring (bicyclic) bond motifs is 1. The highest BCUT2D eigenvalue weighted by atomic mass is 79.9. The van der Waals surface area contributed by atoms with Gasteiger partial charge in [0.25, 0.3) is 5.91 Å². The zero-order chi connectivity index (χ0) is 13.1. The second kappa shape index (κ2) is 5.85. The predicted molar refractivity (Wildman–Crippen MR) is 82.4 cm³/mol. The summed E-state index contributed by atoms with van der Waals surface area (Å²) in [6.45, 7) is 2.62. The highest BCUT2D eigenvalue weighted by molar-refractivity contribution is 9.10. The van der Waals surface area contributed by atoms with Crippen molar-refractivity contribution >= 4 is 48.5 Å². The van der Waals surface area contributed by atoms with Gasteiger partial charge in [-0.3, -0.25) is 4.79 Å². The third-order valence-corrected chi connectivity index (χ3v) is 3.43. The van der Waals surface area contributed by atoms with Gasteiger partial charge >= 0.3 is 0 Å². The van der Waals surface area contributed by atoms with Crippen LogP contribution >= 0.6 is 31.9 Å². The molecule has 2 aromatic rings. The monoisotopic (exact) mass is 369 g/mol. The molecule has 0 saturated heterocycles. The Bertz CT molecular complexity index is 581. The minimum Gasteiger partial charge on any atom is -0.351 e. The lowest BCUT2D eigenvalue weighted by Crippen LogP contribution is -2.28. The smallest absolute Gasteiger partial charge is 0.251 e. The number of alkyl halides is 1. The normalized spacial score (nSPS) is 12.4. The molecule has 4 heteroatoms. The van der Waals surface area contributed by atoms with Crippen molar-refractivity contribution in [2.45, 2.75) is 11.8 Å². The Morgan fingerprint density at radius 1 is 1.22 bits per heavy atom. The van der Waals surface area contributed by atoms with E-state index in [1.807, 2.05) is 43.3 Å². The Kier molecular flexibility index (Phi) is 4.40. The van der Waals surface area contributed by atoms with Crippen molar-refractivity contribution < 1.29 is 4.79 Å². The van der Waals surface area contributed by atoms with Crippen molar-refractivity contribution in [3.8, 4) is 0 Å². The molecule has 0 spiro atoms. The van der Waals surface area contributed by atoms with Crippen LogP contribution in [0.1, 0.15) is 17.3 Å². The van der Waals surface area contributed by atoms with Crippen molar-refractivity contribution in [1.82, 2.24) is 5.32 Å². The molecule has 0 aliphatic rings. The second-order valence-corrected chi connectivity index (χ2v) is 6.68. The molecule has 0 aliphatic heterocycles. The van der Waals surface area contributed by atoms with Gasteiger partial charge in [-0.2, -0.15) is 0 Å².